The van der Waals surface area contributed by atoms with Gasteiger partial charge in [-0.1, -0.05) is 6.07 Å². The van der Waals surface area contributed by atoms with Gasteiger partial charge >= 0.3 is 0 Å². The lowest BCUT2D eigenvalue weighted by molar-refractivity contribution is 0.0950. The number of methoxy groups -OCH3 is 1. The molecule has 0 bridgehead atoms. The van der Waals surface area contributed by atoms with Crippen LogP contribution in [0.1, 0.15) is 21.7 Å². The van der Waals surface area contributed by atoms with Crippen LogP contribution in [0.4, 0.5) is 0 Å². The number of rotatable bonds is 5. The molecule has 2 N–H and O–H groups in total. The zero-order valence-electron chi connectivity index (χ0n) is 12.6. The second-order valence-corrected chi connectivity index (χ2v) is 5.20. The molecular formula is C16H18N4O2. The number of benzene rings is 1. The lowest BCUT2D eigenvalue weighted by atomic mass is 10.1. The topological polar surface area (TPSA) is 71.9 Å². The molecule has 6 heteroatoms. The first-order valence-electron chi connectivity index (χ1n) is 7.03. The normalized spacial score (nSPS) is 11.0. The minimum Gasteiger partial charge on any atom is -0.378 e. The summed E-state index contributed by atoms with van der Waals surface area (Å²) in [5, 5.41) is 11.0. The lowest BCUT2D eigenvalue weighted by Gasteiger charge is -2.05. The van der Waals surface area contributed by atoms with Gasteiger partial charge in [0.25, 0.3) is 5.91 Å². The number of aromatic nitrogens is 3. The average molecular weight is 298 g/mol. The number of hydrogen-bond donors (Lipinski definition) is 2. The average Bonchev–Trinajstić information content (AvgIpc) is 3.12. The van der Waals surface area contributed by atoms with Gasteiger partial charge in [0.05, 0.1) is 24.5 Å². The fraction of sp³-hybridized carbons (Fsp3) is 0.250. The van der Waals surface area contributed by atoms with Crippen LogP contribution in [0.15, 0.2) is 36.5 Å². The monoisotopic (exact) mass is 298 g/mol. The van der Waals surface area contributed by atoms with Gasteiger partial charge in [-0.2, -0.15) is 5.10 Å². The van der Waals surface area contributed by atoms with E-state index in [0.717, 1.165) is 22.3 Å². The van der Waals surface area contributed by atoms with Crippen LogP contribution in [0.3, 0.4) is 0 Å². The number of nitrogens with zero attached hydrogens (tertiary/aromatic N) is 2. The fourth-order valence-corrected chi connectivity index (χ4v) is 2.40. The Morgan fingerprint density at radius 2 is 2.23 bits per heavy atom. The van der Waals surface area contributed by atoms with E-state index in [9.17, 15) is 4.79 Å². The Morgan fingerprint density at radius 3 is 3.05 bits per heavy atom. The predicted octanol–water partition coefficient (Wildman–Crippen LogP) is 1.98. The fourth-order valence-electron chi connectivity index (χ4n) is 2.40. The van der Waals surface area contributed by atoms with E-state index in [1.807, 2.05) is 48.1 Å². The third kappa shape index (κ3) is 2.87. The van der Waals surface area contributed by atoms with E-state index in [1.165, 1.54) is 0 Å². The summed E-state index contributed by atoms with van der Waals surface area (Å²) in [6.07, 6.45) is 1.98. The van der Waals surface area contributed by atoms with Crippen molar-refractivity contribution in [2.75, 3.05) is 7.11 Å². The Balaban J connectivity index is 1.68. The summed E-state index contributed by atoms with van der Waals surface area (Å²) < 4.78 is 7.01. The summed E-state index contributed by atoms with van der Waals surface area (Å²) in [5.74, 6) is -0.106. The minimum atomic E-state index is -0.106. The zero-order chi connectivity index (χ0) is 15.5. The van der Waals surface area contributed by atoms with Gasteiger partial charge in [0, 0.05) is 31.4 Å². The van der Waals surface area contributed by atoms with Gasteiger partial charge in [-0.15, -0.1) is 0 Å². The molecule has 0 fully saturated rings. The summed E-state index contributed by atoms with van der Waals surface area (Å²) in [6.45, 7) is 0.856. The highest BCUT2D eigenvalue weighted by Gasteiger charge is 2.08. The molecule has 1 amide bonds. The van der Waals surface area contributed by atoms with E-state index >= 15 is 0 Å². The van der Waals surface area contributed by atoms with E-state index < -0.39 is 0 Å². The van der Waals surface area contributed by atoms with Gasteiger partial charge in [-0.05, 0) is 29.7 Å². The van der Waals surface area contributed by atoms with Crippen LogP contribution in [0, 0.1) is 0 Å². The Labute approximate surface area is 128 Å². The molecule has 0 spiro atoms. The molecule has 0 aliphatic rings. The quantitative estimate of drug-likeness (QED) is 0.756. The highest BCUT2D eigenvalue weighted by molar-refractivity contribution is 5.98. The third-order valence-corrected chi connectivity index (χ3v) is 3.57. The lowest BCUT2D eigenvalue weighted by Crippen LogP contribution is -2.22. The Bertz CT molecular complexity index is 803. The first-order valence-corrected chi connectivity index (χ1v) is 7.03. The molecule has 2 aromatic heterocycles. The summed E-state index contributed by atoms with van der Waals surface area (Å²) in [5.41, 5.74) is 3.35. The number of hydrogen-bond acceptors (Lipinski definition) is 3. The number of fused-ring (bicyclic) bond motifs is 1. The van der Waals surface area contributed by atoms with Crippen molar-refractivity contribution in [1.82, 2.24) is 20.1 Å². The summed E-state index contributed by atoms with van der Waals surface area (Å²) in [6, 6.07) is 9.59. The Morgan fingerprint density at radius 1 is 1.36 bits per heavy atom. The van der Waals surface area contributed by atoms with Crippen molar-refractivity contribution in [2.45, 2.75) is 13.2 Å². The van der Waals surface area contributed by atoms with Crippen molar-refractivity contribution in [1.29, 1.82) is 0 Å². The van der Waals surface area contributed by atoms with Crippen molar-refractivity contribution >= 4 is 16.8 Å². The van der Waals surface area contributed by atoms with E-state index in [2.05, 4.69) is 15.5 Å². The molecule has 0 unspecified atom stereocenters. The zero-order valence-corrected chi connectivity index (χ0v) is 12.6. The van der Waals surface area contributed by atoms with Crippen molar-refractivity contribution < 1.29 is 9.53 Å². The molecule has 1 aromatic carbocycles. The highest BCUT2D eigenvalue weighted by Crippen LogP contribution is 2.16. The van der Waals surface area contributed by atoms with E-state index in [0.29, 0.717) is 18.7 Å². The number of aryl methyl sites for hydroxylation is 1. The van der Waals surface area contributed by atoms with Crippen molar-refractivity contribution in [3.8, 4) is 0 Å². The van der Waals surface area contributed by atoms with Crippen LogP contribution in [-0.2, 0) is 24.9 Å². The number of carbonyl (C=O) groups is 1. The van der Waals surface area contributed by atoms with E-state index in [4.69, 9.17) is 4.74 Å². The number of carbonyl (C=O) groups excluding carboxylic acids is 1. The molecule has 0 aliphatic heterocycles. The highest BCUT2D eigenvalue weighted by atomic mass is 16.5. The smallest absolute Gasteiger partial charge is 0.251 e. The SMILES string of the molecule is COCc1cc(CNC(=O)c2ccc3ccn(C)c3c2)[nH]n1. The van der Waals surface area contributed by atoms with Crippen molar-refractivity contribution in [2.24, 2.45) is 7.05 Å². The van der Waals surface area contributed by atoms with Gasteiger partial charge in [-0.25, -0.2) is 0 Å². The van der Waals surface area contributed by atoms with E-state index in [-0.39, 0.29) is 5.91 Å². The molecular weight excluding hydrogens is 280 g/mol. The summed E-state index contributed by atoms with van der Waals surface area (Å²) in [7, 11) is 3.59. The Kier molecular flexibility index (Phi) is 3.93. The number of aromatic amines is 1. The number of amides is 1. The predicted molar refractivity (Wildman–Crippen MR) is 83.4 cm³/mol. The maximum absolute atomic E-state index is 12.2. The molecule has 3 rings (SSSR count). The second-order valence-electron chi connectivity index (χ2n) is 5.20. The van der Waals surface area contributed by atoms with Crippen LogP contribution < -0.4 is 5.32 Å². The molecule has 0 saturated heterocycles. The number of nitrogens with one attached hydrogen (secondary N) is 2. The molecule has 0 atom stereocenters. The largest absolute Gasteiger partial charge is 0.378 e. The molecule has 3 aromatic rings. The maximum atomic E-state index is 12.2. The molecule has 6 nitrogen and oxygen atoms in total. The van der Waals surface area contributed by atoms with Gasteiger partial charge in [-0.3, -0.25) is 9.89 Å². The summed E-state index contributed by atoms with van der Waals surface area (Å²) >= 11 is 0. The second kappa shape index (κ2) is 6.03. The van der Waals surface area contributed by atoms with Crippen LogP contribution >= 0.6 is 0 Å². The summed E-state index contributed by atoms with van der Waals surface area (Å²) in [4.78, 5) is 12.2. The third-order valence-electron chi connectivity index (χ3n) is 3.57. The van der Waals surface area contributed by atoms with Crippen LogP contribution in [0.5, 0.6) is 0 Å². The van der Waals surface area contributed by atoms with Gasteiger partial charge in [0.1, 0.15) is 0 Å². The van der Waals surface area contributed by atoms with Crippen LogP contribution in [0.25, 0.3) is 10.9 Å². The van der Waals surface area contributed by atoms with Gasteiger partial charge in [0.15, 0.2) is 0 Å². The van der Waals surface area contributed by atoms with Crippen LogP contribution in [0.2, 0.25) is 0 Å². The first kappa shape index (κ1) is 14.3. The molecule has 22 heavy (non-hydrogen) atoms. The molecule has 0 aliphatic carbocycles. The minimum absolute atomic E-state index is 0.106. The number of ether oxygens (including phenoxy) is 1. The molecule has 0 radical (unpaired) electrons. The molecule has 114 valence electrons. The molecule has 2 heterocycles. The molecule has 0 saturated carbocycles. The van der Waals surface area contributed by atoms with Gasteiger partial charge < -0.3 is 14.6 Å². The number of H-pyrrole nitrogens is 1. The first-order chi connectivity index (χ1) is 10.7. The van der Waals surface area contributed by atoms with Crippen molar-refractivity contribution in [3.63, 3.8) is 0 Å². The van der Waals surface area contributed by atoms with Crippen LogP contribution in [-0.4, -0.2) is 27.8 Å². The van der Waals surface area contributed by atoms with Crippen molar-refractivity contribution in [3.05, 3.63) is 53.5 Å². The van der Waals surface area contributed by atoms with E-state index in [1.54, 1.807) is 7.11 Å². The standard InChI is InChI=1S/C16H18N4O2/c1-20-6-5-11-3-4-12(7-15(11)20)16(21)17-9-13-8-14(10-22-2)19-18-13/h3-8H,9-10H2,1-2H3,(H,17,21)(H,18,19). The maximum Gasteiger partial charge on any atom is 0.251 e. The Hall–Kier alpha value is -2.60. The van der Waals surface area contributed by atoms with Gasteiger partial charge in [0.2, 0.25) is 0 Å².